The van der Waals surface area contributed by atoms with Gasteiger partial charge in [-0.3, -0.25) is 4.79 Å². The highest BCUT2D eigenvalue weighted by Gasteiger charge is 2.28. The van der Waals surface area contributed by atoms with Crippen molar-refractivity contribution in [1.82, 2.24) is 10.1 Å². The Morgan fingerprint density at radius 2 is 2.25 bits per heavy atom. The maximum atomic E-state index is 11.0. The summed E-state index contributed by atoms with van der Waals surface area (Å²) in [6, 6.07) is 7.57. The number of hydrogen-bond acceptors (Lipinski definition) is 5. The van der Waals surface area contributed by atoms with Gasteiger partial charge in [-0.2, -0.15) is 4.98 Å². The van der Waals surface area contributed by atoms with Crippen molar-refractivity contribution in [2.24, 2.45) is 0 Å². The van der Waals surface area contributed by atoms with Crippen LogP contribution in [0.25, 0.3) is 11.4 Å². The summed E-state index contributed by atoms with van der Waals surface area (Å²) in [6.07, 6.45) is 0. The highest BCUT2D eigenvalue weighted by Crippen LogP contribution is 2.28. The van der Waals surface area contributed by atoms with E-state index in [9.17, 15) is 4.79 Å². The molecule has 0 spiro atoms. The van der Waals surface area contributed by atoms with E-state index in [1.807, 2.05) is 24.3 Å². The number of halogens is 1. The van der Waals surface area contributed by atoms with Gasteiger partial charge in [0.1, 0.15) is 4.75 Å². The van der Waals surface area contributed by atoms with Crippen molar-refractivity contribution >= 4 is 33.7 Å². The molecule has 5 nitrogen and oxygen atoms in total. The molecule has 0 unspecified atom stereocenters. The second-order valence-corrected chi connectivity index (χ2v) is 7.14. The van der Waals surface area contributed by atoms with Crippen LogP contribution in [-0.4, -0.2) is 26.0 Å². The fraction of sp³-hybridized carbons (Fsp3) is 0.308. The van der Waals surface area contributed by atoms with Crippen LogP contribution in [0.15, 0.2) is 33.3 Å². The molecule has 0 saturated heterocycles. The van der Waals surface area contributed by atoms with Gasteiger partial charge in [-0.1, -0.05) is 33.2 Å². The van der Waals surface area contributed by atoms with E-state index in [1.54, 1.807) is 13.8 Å². The molecular weight excluding hydrogens is 344 g/mol. The van der Waals surface area contributed by atoms with Gasteiger partial charge < -0.3 is 9.63 Å². The quantitative estimate of drug-likeness (QED) is 0.881. The number of carbonyl (C=O) groups is 1. The molecule has 0 atom stereocenters. The van der Waals surface area contributed by atoms with E-state index >= 15 is 0 Å². The normalized spacial score (nSPS) is 11.6. The van der Waals surface area contributed by atoms with Crippen LogP contribution < -0.4 is 0 Å². The molecule has 1 heterocycles. The third-order valence-electron chi connectivity index (χ3n) is 2.62. The Bertz CT molecular complexity index is 628. The van der Waals surface area contributed by atoms with Crippen molar-refractivity contribution in [2.75, 3.05) is 0 Å². The van der Waals surface area contributed by atoms with Gasteiger partial charge in [-0.05, 0) is 26.0 Å². The topological polar surface area (TPSA) is 76.2 Å². The van der Waals surface area contributed by atoms with E-state index in [4.69, 9.17) is 9.63 Å². The predicted octanol–water partition coefficient (Wildman–Crippen LogP) is 3.60. The lowest BCUT2D eigenvalue weighted by atomic mass is 10.2. The molecule has 0 amide bonds. The molecule has 0 bridgehead atoms. The summed E-state index contributed by atoms with van der Waals surface area (Å²) >= 11 is 4.63. The summed E-state index contributed by atoms with van der Waals surface area (Å²) < 4.78 is 5.19. The van der Waals surface area contributed by atoms with Crippen molar-refractivity contribution in [3.63, 3.8) is 0 Å². The largest absolute Gasteiger partial charge is 0.480 e. The molecule has 0 radical (unpaired) electrons. The molecule has 0 aliphatic heterocycles. The van der Waals surface area contributed by atoms with E-state index in [1.165, 1.54) is 11.8 Å². The summed E-state index contributed by atoms with van der Waals surface area (Å²) in [5, 5.41) is 12.9. The van der Waals surface area contributed by atoms with Crippen LogP contribution in [0, 0.1) is 0 Å². The number of rotatable bonds is 5. The molecule has 20 heavy (non-hydrogen) atoms. The number of aliphatic carboxylic acids is 1. The maximum Gasteiger partial charge on any atom is 0.319 e. The van der Waals surface area contributed by atoms with Gasteiger partial charge in [0.2, 0.25) is 11.7 Å². The Balaban J connectivity index is 2.08. The smallest absolute Gasteiger partial charge is 0.319 e. The summed E-state index contributed by atoms with van der Waals surface area (Å²) in [6.45, 7) is 3.29. The van der Waals surface area contributed by atoms with Crippen molar-refractivity contribution in [3.8, 4) is 11.4 Å². The van der Waals surface area contributed by atoms with Crippen LogP contribution in [0.3, 0.4) is 0 Å². The van der Waals surface area contributed by atoms with Gasteiger partial charge in [0.25, 0.3) is 0 Å². The SMILES string of the molecule is CC(C)(SCc1nc(-c2cccc(Br)c2)no1)C(=O)O. The monoisotopic (exact) mass is 356 g/mol. The molecule has 1 aromatic heterocycles. The molecule has 0 fully saturated rings. The van der Waals surface area contributed by atoms with Crippen LogP contribution in [0.4, 0.5) is 0 Å². The highest BCUT2D eigenvalue weighted by molar-refractivity contribution is 9.10. The van der Waals surface area contributed by atoms with Gasteiger partial charge in [-0.15, -0.1) is 11.8 Å². The fourth-order valence-electron chi connectivity index (χ4n) is 1.36. The first-order valence-electron chi connectivity index (χ1n) is 5.84. The zero-order valence-electron chi connectivity index (χ0n) is 11.0. The fourth-order valence-corrected chi connectivity index (χ4v) is 2.49. The first-order valence-corrected chi connectivity index (χ1v) is 7.62. The van der Waals surface area contributed by atoms with E-state index in [2.05, 4.69) is 26.1 Å². The van der Waals surface area contributed by atoms with Crippen LogP contribution in [0.1, 0.15) is 19.7 Å². The molecule has 2 aromatic rings. The van der Waals surface area contributed by atoms with Gasteiger partial charge in [0.15, 0.2) is 0 Å². The Kier molecular flexibility index (Phi) is 4.49. The molecular formula is C13H13BrN2O3S. The lowest BCUT2D eigenvalue weighted by molar-refractivity contribution is -0.138. The number of thioether (sulfide) groups is 1. The summed E-state index contributed by atoms with van der Waals surface area (Å²) in [4.78, 5) is 15.3. The molecule has 1 N–H and O–H groups in total. The van der Waals surface area contributed by atoms with E-state index in [-0.39, 0.29) is 0 Å². The van der Waals surface area contributed by atoms with E-state index < -0.39 is 10.7 Å². The van der Waals surface area contributed by atoms with E-state index in [0.717, 1.165) is 10.0 Å². The zero-order valence-corrected chi connectivity index (χ0v) is 13.4. The lowest BCUT2D eigenvalue weighted by Crippen LogP contribution is -2.27. The van der Waals surface area contributed by atoms with Crippen LogP contribution >= 0.6 is 27.7 Å². The van der Waals surface area contributed by atoms with Crippen LogP contribution in [0.5, 0.6) is 0 Å². The van der Waals surface area contributed by atoms with Crippen molar-refractivity contribution in [3.05, 3.63) is 34.6 Å². The zero-order chi connectivity index (χ0) is 14.8. The molecule has 0 aliphatic rings. The first kappa shape index (κ1) is 15.1. The molecule has 7 heteroatoms. The number of carboxylic acids is 1. The molecule has 1 aromatic carbocycles. The number of benzene rings is 1. The second-order valence-electron chi connectivity index (χ2n) is 4.63. The van der Waals surface area contributed by atoms with Gasteiger partial charge in [0.05, 0.1) is 5.75 Å². The Hall–Kier alpha value is -1.34. The van der Waals surface area contributed by atoms with Crippen molar-refractivity contribution in [2.45, 2.75) is 24.3 Å². The van der Waals surface area contributed by atoms with Crippen molar-refractivity contribution in [1.29, 1.82) is 0 Å². The number of hydrogen-bond donors (Lipinski definition) is 1. The minimum absolute atomic E-state index is 0.361. The van der Waals surface area contributed by atoms with Crippen molar-refractivity contribution < 1.29 is 14.4 Å². The van der Waals surface area contributed by atoms with Crippen LogP contribution in [0.2, 0.25) is 0 Å². The number of nitrogens with zero attached hydrogens (tertiary/aromatic N) is 2. The van der Waals surface area contributed by atoms with Crippen LogP contribution in [-0.2, 0) is 10.5 Å². The van der Waals surface area contributed by atoms with Gasteiger partial charge in [0, 0.05) is 10.0 Å². The average Bonchev–Trinajstić information content (AvgIpc) is 2.85. The molecule has 0 aliphatic carbocycles. The Labute approximate surface area is 128 Å². The predicted molar refractivity (Wildman–Crippen MR) is 80.4 cm³/mol. The Morgan fingerprint density at radius 1 is 1.50 bits per heavy atom. The molecule has 2 rings (SSSR count). The number of carboxylic acid groups (broad SMARTS) is 1. The second kappa shape index (κ2) is 5.97. The number of aromatic nitrogens is 2. The van der Waals surface area contributed by atoms with E-state index in [0.29, 0.717) is 17.5 Å². The third-order valence-corrected chi connectivity index (χ3v) is 4.40. The minimum atomic E-state index is -0.885. The molecule has 0 saturated carbocycles. The average molecular weight is 357 g/mol. The molecule has 106 valence electrons. The highest BCUT2D eigenvalue weighted by atomic mass is 79.9. The van der Waals surface area contributed by atoms with Gasteiger partial charge >= 0.3 is 5.97 Å². The third kappa shape index (κ3) is 3.61. The minimum Gasteiger partial charge on any atom is -0.480 e. The first-order chi connectivity index (χ1) is 9.38. The summed E-state index contributed by atoms with van der Waals surface area (Å²) in [7, 11) is 0. The summed E-state index contributed by atoms with van der Waals surface area (Å²) in [5.41, 5.74) is 0.844. The standard InChI is InChI=1S/C13H13BrN2O3S/c1-13(2,12(17)18)20-7-10-15-11(16-19-10)8-4-3-5-9(14)6-8/h3-6H,7H2,1-2H3,(H,17,18). The summed E-state index contributed by atoms with van der Waals surface area (Å²) in [5.74, 6) is 0.406. The maximum absolute atomic E-state index is 11.0. The van der Waals surface area contributed by atoms with Gasteiger partial charge in [-0.25, -0.2) is 0 Å². The lowest BCUT2D eigenvalue weighted by Gasteiger charge is -2.16. The Morgan fingerprint density at radius 3 is 2.90 bits per heavy atom.